The Morgan fingerprint density at radius 2 is 1.82 bits per heavy atom. The van der Waals surface area contributed by atoms with Crippen LogP contribution in [-0.4, -0.2) is 40.0 Å². The maximum Gasteiger partial charge on any atom is 0.214 e. The topological polar surface area (TPSA) is 81.4 Å². The second kappa shape index (κ2) is 6.68. The van der Waals surface area contributed by atoms with Crippen molar-refractivity contribution in [3.05, 3.63) is 0 Å². The van der Waals surface area contributed by atoms with Crippen LogP contribution in [0.1, 0.15) is 38.5 Å². The first kappa shape index (κ1) is 14.9. The summed E-state index contributed by atoms with van der Waals surface area (Å²) < 4.78 is 31.4. The molecule has 0 aliphatic heterocycles. The van der Waals surface area contributed by atoms with Gasteiger partial charge in [0.1, 0.15) is 0 Å². The summed E-state index contributed by atoms with van der Waals surface area (Å²) >= 11 is 0. The van der Waals surface area contributed by atoms with Crippen LogP contribution in [0.15, 0.2) is 0 Å². The number of nitrogens with one attached hydrogen (secondary N) is 1. The molecule has 0 heterocycles. The molecule has 5 nitrogen and oxygen atoms in total. The largest absolute Gasteiger partial charge is 0.384 e. The monoisotopic (exact) mass is 264 g/mol. The van der Waals surface area contributed by atoms with Crippen LogP contribution in [-0.2, 0) is 14.8 Å². The van der Waals surface area contributed by atoms with Gasteiger partial charge >= 0.3 is 0 Å². The van der Waals surface area contributed by atoms with Gasteiger partial charge in [-0.25, -0.2) is 13.1 Å². The fourth-order valence-electron chi connectivity index (χ4n) is 2.33. The van der Waals surface area contributed by atoms with Gasteiger partial charge in [-0.2, -0.15) is 0 Å². The number of ether oxygens (including phenoxy) is 1. The normalized spacial score (nSPS) is 21.1. The molecule has 0 amide bonds. The summed E-state index contributed by atoms with van der Waals surface area (Å²) in [6.07, 6.45) is 6.11. The highest BCUT2D eigenvalue weighted by molar-refractivity contribution is 7.89. The minimum absolute atomic E-state index is 0.00521. The minimum atomic E-state index is -3.29. The van der Waals surface area contributed by atoms with Gasteiger partial charge < -0.3 is 10.5 Å². The standard InChI is InChI=1S/C11H24N2O3S/c1-16-8-9-17(14,15)13-11(10-12)6-4-2-3-5-7-11/h13H,2-10,12H2,1H3. The lowest BCUT2D eigenvalue weighted by atomic mass is 9.92. The zero-order chi connectivity index (χ0) is 12.8. The van der Waals surface area contributed by atoms with Crippen molar-refractivity contribution in [1.29, 1.82) is 0 Å². The van der Waals surface area contributed by atoms with Gasteiger partial charge in [-0.15, -0.1) is 0 Å². The van der Waals surface area contributed by atoms with Crippen LogP contribution in [0.2, 0.25) is 0 Å². The van der Waals surface area contributed by atoms with E-state index in [0.29, 0.717) is 6.54 Å². The Labute approximate surface area is 104 Å². The van der Waals surface area contributed by atoms with E-state index in [0.717, 1.165) is 25.7 Å². The van der Waals surface area contributed by atoms with Crippen molar-refractivity contribution in [2.75, 3.05) is 26.0 Å². The van der Waals surface area contributed by atoms with Crippen molar-refractivity contribution in [3.8, 4) is 0 Å². The van der Waals surface area contributed by atoms with Crippen LogP contribution < -0.4 is 10.5 Å². The average Bonchev–Trinajstić information content (AvgIpc) is 2.52. The molecule has 0 spiro atoms. The van der Waals surface area contributed by atoms with Crippen molar-refractivity contribution >= 4 is 10.0 Å². The second-order valence-corrected chi connectivity index (χ2v) is 6.65. The van der Waals surface area contributed by atoms with Crippen molar-refractivity contribution in [3.63, 3.8) is 0 Å². The third-order valence-electron chi connectivity index (χ3n) is 3.38. The molecule has 3 N–H and O–H groups in total. The van der Waals surface area contributed by atoms with E-state index < -0.39 is 15.6 Å². The van der Waals surface area contributed by atoms with E-state index in [1.807, 2.05) is 0 Å². The van der Waals surface area contributed by atoms with E-state index in [1.165, 1.54) is 20.0 Å². The summed E-state index contributed by atoms with van der Waals surface area (Å²) in [6.45, 7) is 0.592. The molecule has 0 unspecified atom stereocenters. The third-order valence-corrected chi connectivity index (χ3v) is 4.83. The summed E-state index contributed by atoms with van der Waals surface area (Å²) in [5.41, 5.74) is 5.36. The molecule has 1 rings (SSSR count). The fraction of sp³-hybridized carbons (Fsp3) is 1.00. The number of hydrogen-bond donors (Lipinski definition) is 2. The molecular weight excluding hydrogens is 240 g/mol. The van der Waals surface area contributed by atoms with E-state index >= 15 is 0 Å². The van der Waals surface area contributed by atoms with Gasteiger partial charge in [0.05, 0.1) is 12.4 Å². The van der Waals surface area contributed by atoms with E-state index in [9.17, 15) is 8.42 Å². The predicted molar refractivity (Wildman–Crippen MR) is 68.3 cm³/mol. The molecule has 0 atom stereocenters. The highest BCUT2D eigenvalue weighted by atomic mass is 32.2. The van der Waals surface area contributed by atoms with Gasteiger partial charge in [0, 0.05) is 19.2 Å². The van der Waals surface area contributed by atoms with E-state index in [4.69, 9.17) is 10.5 Å². The second-order valence-electron chi connectivity index (χ2n) is 4.81. The van der Waals surface area contributed by atoms with E-state index in [-0.39, 0.29) is 12.4 Å². The molecular formula is C11H24N2O3S. The van der Waals surface area contributed by atoms with Gasteiger partial charge in [-0.3, -0.25) is 0 Å². The highest BCUT2D eigenvalue weighted by Gasteiger charge is 2.33. The van der Waals surface area contributed by atoms with Crippen molar-refractivity contribution in [1.82, 2.24) is 4.72 Å². The summed E-state index contributed by atoms with van der Waals surface area (Å²) in [5, 5.41) is 0. The first-order valence-electron chi connectivity index (χ1n) is 6.24. The van der Waals surface area contributed by atoms with E-state index in [2.05, 4.69) is 4.72 Å². The first-order valence-corrected chi connectivity index (χ1v) is 7.89. The average molecular weight is 264 g/mol. The summed E-state index contributed by atoms with van der Waals surface area (Å²) in [4.78, 5) is 0. The minimum Gasteiger partial charge on any atom is -0.384 e. The third kappa shape index (κ3) is 4.91. The Balaban J connectivity index is 2.66. The lowest BCUT2D eigenvalue weighted by molar-refractivity contribution is 0.216. The lowest BCUT2D eigenvalue weighted by Gasteiger charge is -2.32. The van der Waals surface area contributed by atoms with Gasteiger partial charge in [0.25, 0.3) is 0 Å². The van der Waals surface area contributed by atoms with Crippen molar-refractivity contribution in [2.24, 2.45) is 5.73 Å². The van der Waals surface area contributed by atoms with Crippen LogP contribution in [0.25, 0.3) is 0 Å². The molecule has 0 saturated heterocycles. The number of nitrogens with two attached hydrogens (primary N) is 1. The summed E-state index contributed by atoms with van der Waals surface area (Å²) in [6, 6.07) is 0. The molecule has 1 aliphatic carbocycles. The van der Waals surface area contributed by atoms with Crippen molar-refractivity contribution in [2.45, 2.75) is 44.1 Å². The summed E-state index contributed by atoms with van der Waals surface area (Å²) in [7, 11) is -1.79. The predicted octanol–water partition coefficient (Wildman–Crippen LogP) is 0.604. The van der Waals surface area contributed by atoms with Crippen LogP contribution >= 0.6 is 0 Å². The van der Waals surface area contributed by atoms with Crippen LogP contribution in [0.3, 0.4) is 0 Å². The zero-order valence-corrected chi connectivity index (χ0v) is 11.4. The number of sulfonamides is 1. The fourth-order valence-corrected chi connectivity index (χ4v) is 3.76. The molecule has 102 valence electrons. The van der Waals surface area contributed by atoms with Crippen LogP contribution in [0, 0.1) is 0 Å². The van der Waals surface area contributed by atoms with Crippen molar-refractivity contribution < 1.29 is 13.2 Å². The zero-order valence-electron chi connectivity index (χ0n) is 10.6. The van der Waals surface area contributed by atoms with Gasteiger partial charge in [-0.1, -0.05) is 25.7 Å². The molecule has 6 heteroatoms. The molecule has 17 heavy (non-hydrogen) atoms. The Morgan fingerprint density at radius 1 is 1.24 bits per heavy atom. The Hall–Kier alpha value is -0.170. The molecule has 0 aromatic rings. The Morgan fingerprint density at radius 3 is 2.29 bits per heavy atom. The number of methoxy groups -OCH3 is 1. The Kier molecular flexibility index (Phi) is 5.85. The van der Waals surface area contributed by atoms with Crippen LogP contribution in [0.4, 0.5) is 0 Å². The highest BCUT2D eigenvalue weighted by Crippen LogP contribution is 2.27. The maximum absolute atomic E-state index is 11.9. The quantitative estimate of drug-likeness (QED) is 0.689. The number of hydrogen-bond acceptors (Lipinski definition) is 4. The van der Waals surface area contributed by atoms with E-state index in [1.54, 1.807) is 0 Å². The van der Waals surface area contributed by atoms with Gasteiger partial charge in [0.2, 0.25) is 10.0 Å². The molecule has 0 aromatic carbocycles. The molecule has 0 aromatic heterocycles. The maximum atomic E-state index is 11.9. The lowest BCUT2D eigenvalue weighted by Crippen LogP contribution is -2.54. The number of rotatable bonds is 6. The Bertz CT molecular complexity index is 309. The van der Waals surface area contributed by atoms with Gasteiger partial charge in [-0.05, 0) is 12.8 Å². The molecule has 1 fully saturated rings. The molecule has 1 saturated carbocycles. The molecule has 1 aliphatic rings. The SMILES string of the molecule is COCCS(=O)(=O)NC1(CN)CCCCCC1. The van der Waals surface area contributed by atoms with Gasteiger partial charge in [0.15, 0.2) is 0 Å². The van der Waals surface area contributed by atoms with Crippen LogP contribution in [0.5, 0.6) is 0 Å². The molecule has 0 radical (unpaired) electrons. The smallest absolute Gasteiger partial charge is 0.214 e. The first-order chi connectivity index (χ1) is 8.04. The molecule has 0 bridgehead atoms. The summed E-state index contributed by atoms with van der Waals surface area (Å²) in [5.74, 6) is 0.00521.